The van der Waals surface area contributed by atoms with Crippen molar-refractivity contribution in [1.29, 1.82) is 0 Å². The average molecular weight is 290 g/mol. The van der Waals surface area contributed by atoms with Crippen LogP contribution in [0.25, 0.3) is 0 Å². The standard InChI is InChI=1S/C13H17Cl2NO2/c1-2-18-13(17)6-8-16-7-5-10-3-4-11(14)9-12(10)15/h3-4,9,16H,2,5-8H2,1H3. The zero-order valence-electron chi connectivity index (χ0n) is 10.3. The highest BCUT2D eigenvalue weighted by atomic mass is 35.5. The van der Waals surface area contributed by atoms with E-state index < -0.39 is 0 Å². The molecule has 3 nitrogen and oxygen atoms in total. The normalized spacial score (nSPS) is 10.4. The third-order valence-electron chi connectivity index (χ3n) is 2.40. The van der Waals surface area contributed by atoms with Crippen LogP contribution in [-0.4, -0.2) is 25.7 Å². The number of hydrogen-bond acceptors (Lipinski definition) is 3. The molecule has 1 aromatic carbocycles. The third-order valence-corrected chi connectivity index (χ3v) is 2.98. The highest BCUT2D eigenvalue weighted by molar-refractivity contribution is 6.35. The van der Waals surface area contributed by atoms with Crippen LogP contribution >= 0.6 is 23.2 Å². The number of benzene rings is 1. The summed E-state index contributed by atoms with van der Waals surface area (Å²) in [5, 5.41) is 4.49. The van der Waals surface area contributed by atoms with Crippen LogP contribution in [0.3, 0.4) is 0 Å². The van der Waals surface area contributed by atoms with Gasteiger partial charge in [-0.3, -0.25) is 4.79 Å². The number of nitrogens with one attached hydrogen (secondary N) is 1. The highest BCUT2D eigenvalue weighted by Gasteiger charge is 2.02. The van der Waals surface area contributed by atoms with Crippen LogP contribution in [0.5, 0.6) is 0 Å². The van der Waals surface area contributed by atoms with E-state index in [9.17, 15) is 4.79 Å². The molecule has 0 saturated carbocycles. The van der Waals surface area contributed by atoms with Crippen molar-refractivity contribution in [3.8, 4) is 0 Å². The summed E-state index contributed by atoms with van der Waals surface area (Å²) in [6.45, 7) is 3.61. The van der Waals surface area contributed by atoms with E-state index in [-0.39, 0.29) is 5.97 Å². The highest BCUT2D eigenvalue weighted by Crippen LogP contribution is 2.20. The molecule has 0 aliphatic rings. The summed E-state index contributed by atoms with van der Waals surface area (Å²) in [4.78, 5) is 11.1. The second-order valence-corrected chi connectivity index (χ2v) is 4.63. The van der Waals surface area contributed by atoms with Crippen LogP contribution in [0.15, 0.2) is 18.2 Å². The van der Waals surface area contributed by atoms with Crippen LogP contribution in [0, 0.1) is 0 Å². The van der Waals surface area contributed by atoms with Gasteiger partial charge in [-0.25, -0.2) is 0 Å². The van der Waals surface area contributed by atoms with Gasteiger partial charge in [-0.15, -0.1) is 0 Å². The summed E-state index contributed by atoms with van der Waals surface area (Å²) in [5.41, 5.74) is 1.05. The second kappa shape index (κ2) is 8.35. The minimum absolute atomic E-state index is 0.172. The van der Waals surface area contributed by atoms with E-state index in [1.165, 1.54) is 0 Å². The van der Waals surface area contributed by atoms with Crippen molar-refractivity contribution in [2.75, 3.05) is 19.7 Å². The average Bonchev–Trinajstić information content (AvgIpc) is 2.31. The topological polar surface area (TPSA) is 38.3 Å². The van der Waals surface area contributed by atoms with Gasteiger partial charge in [0.1, 0.15) is 0 Å². The number of hydrogen-bond donors (Lipinski definition) is 1. The van der Waals surface area contributed by atoms with Crippen LogP contribution < -0.4 is 5.32 Å². The van der Waals surface area contributed by atoms with Gasteiger partial charge in [0, 0.05) is 16.6 Å². The van der Waals surface area contributed by atoms with Gasteiger partial charge in [0.25, 0.3) is 0 Å². The quantitative estimate of drug-likeness (QED) is 0.619. The van der Waals surface area contributed by atoms with E-state index in [4.69, 9.17) is 27.9 Å². The Bertz CT molecular complexity index is 397. The van der Waals surface area contributed by atoms with E-state index in [0.29, 0.717) is 29.6 Å². The molecule has 0 aliphatic heterocycles. The first-order chi connectivity index (χ1) is 8.63. The minimum Gasteiger partial charge on any atom is -0.466 e. The van der Waals surface area contributed by atoms with Crippen LogP contribution in [-0.2, 0) is 16.0 Å². The Kier molecular flexibility index (Phi) is 7.09. The lowest BCUT2D eigenvalue weighted by Gasteiger charge is -2.06. The van der Waals surface area contributed by atoms with Gasteiger partial charge in [0.15, 0.2) is 0 Å². The molecule has 0 amide bonds. The van der Waals surface area contributed by atoms with Crippen LogP contribution in [0.4, 0.5) is 0 Å². The number of esters is 1. The molecule has 0 radical (unpaired) electrons. The van der Waals surface area contributed by atoms with E-state index in [2.05, 4.69) is 5.32 Å². The summed E-state index contributed by atoms with van der Waals surface area (Å²) in [6.07, 6.45) is 1.20. The molecular formula is C13H17Cl2NO2. The van der Waals surface area contributed by atoms with Crippen molar-refractivity contribution in [1.82, 2.24) is 5.32 Å². The van der Waals surface area contributed by atoms with Gasteiger partial charge in [0.2, 0.25) is 0 Å². The van der Waals surface area contributed by atoms with Gasteiger partial charge >= 0.3 is 5.97 Å². The molecule has 1 aromatic rings. The fourth-order valence-corrected chi connectivity index (χ4v) is 2.00. The van der Waals surface area contributed by atoms with Crippen molar-refractivity contribution in [3.63, 3.8) is 0 Å². The van der Waals surface area contributed by atoms with E-state index >= 15 is 0 Å². The first-order valence-electron chi connectivity index (χ1n) is 5.93. The van der Waals surface area contributed by atoms with Crippen molar-refractivity contribution in [2.45, 2.75) is 19.8 Å². The molecule has 0 aromatic heterocycles. The molecular weight excluding hydrogens is 273 g/mol. The maximum Gasteiger partial charge on any atom is 0.307 e. The van der Waals surface area contributed by atoms with Crippen molar-refractivity contribution in [2.24, 2.45) is 0 Å². The van der Waals surface area contributed by atoms with Crippen LogP contribution in [0.1, 0.15) is 18.9 Å². The van der Waals surface area contributed by atoms with Gasteiger partial charge in [-0.1, -0.05) is 29.3 Å². The number of ether oxygens (including phenoxy) is 1. The Balaban J connectivity index is 2.20. The largest absolute Gasteiger partial charge is 0.466 e. The van der Waals surface area contributed by atoms with Crippen LogP contribution in [0.2, 0.25) is 10.0 Å². The zero-order chi connectivity index (χ0) is 13.4. The molecule has 1 N–H and O–H groups in total. The maximum atomic E-state index is 11.1. The molecule has 0 spiro atoms. The third kappa shape index (κ3) is 5.71. The first-order valence-corrected chi connectivity index (χ1v) is 6.69. The molecule has 5 heteroatoms. The first kappa shape index (κ1) is 15.3. The van der Waals surface area contributed by atoms with E-state index in [1.807, 2.05) is 12.1 Å². The number of carbonyl (C=O) groups is 1. The Labute approximate surface area is 117 Å². The summed E-state index contributed by atoms with van der Waals surface area (Å²) >= 11 is 11.9. The SMILES string of the molecule is CCOC(=O)CCNCCc1ccc(Cl)cc1Cl. The fraction of sp³-hybridized carbons (Fsp3) is 0.462. The molecule has 100 valence electrons. The van der Waals surface area contributed by atoms with Gasteiger partial charge in [-0.2, -0.15) is 0 Å². The molecule has 0 heterocycles. The maximum absolute atomic E-state index is 11.1. The Morgan fingerprint density at radius 1 is 1.33 bits per heavy atom. The van der Waals surface area contributed by atoms with E-state index in [1.54, 1.807) is 13.0 Å². The fourth-order valence-electron chi connectivity index (χ4n) is 1.50. The molecule has 1 rings (SSSR count). The summed E-state index contributed by atoms with van der Waals surface area (Å²) in [6, 6.07) is 5.47. The molecule has 0 saturated heterocycles. The summed E-state index contributed by atoms with van der Waals surface area (Å²) in [7, 11) is 0. The number of carbonyl (C=O) groups excluding carboxylic acids is 1. The molecule has 0 bridgehead atoms. The van der Waals surface area contributed by atoms with Crippen molar-refractivity contribution < 1.29 is 9.53 Å². The van der Waals surface area contributed by atoms with Gasteiger partial charge in [0.05, 0.1) is 13.0 Å². The van der Waals surface area contributed by atoms with Gasteiger partial charge < -0.3 is 10.1 Å². The monoisotopic (exact) mass is 289 g/mol. The Morgan fingerprint density at radius 2 is 2.11 bits per heavy atom. The molecule has 18 heavy (non-hydrogen) atoms. The number of halogens is 2. The summed E-state index contributed by atoms with van der Waals surface area (Å²) < 4.78 is 4.82. The van der Waals surface area contributed by atoms with E-state index in [0.717, 1.165) is 18.5 Å². The predicted molar refractivity (Wildman–Crippen MR) is 74.3 cm³/mol. The zero-order valence-corrected chi connectivity index (χ0v) is 11.9. The van der Waals surface area contributed by atoms with Gasteiger partial charge in [-0.05, 0) is 37.6 Å². The lowest BCUT2D eigenvalue weighted by Crippen LogP contribution is -2.21. The Hall–Kier alpha value is -0.770. The molecule has 0 atom stereocenters. The van der Waals surface area contributed by atoms with Crippen molar-refractivity contribution in [3.05, 3.63) is 33.8 Å². The second-order valence-electron chi connectivity index (χ2n) is 3.79. The minimum atomic E-state index is -0.172. The molecule has 0 aliphatic carbocycles. The molecule has 0 unspecified atom stereocenters. The smallest absolute Gasteiger partial charge is 0.307 e. The Morgan fingerprint density at radius 3 is 2.78 bits per heavy atom. The molecule has 0 fully saturated rings. The van der Waals surface area contributed by atoms with Crippen molar-refractivity contribution >= 4 is 29.2 Å². The lowest BCUT2D eigenvalue weighted by molar-refractivity contribution is -0.142. The predicted octanol–water partition coefficient (Wildman–Crippen LogP) is 3.08. The number of rotatable bonds is 7. The summed E-state index contributed by atoms with van der Waals surface area (Å²) in [5.74, 6) is -0.172. The lowest BCUT2D eigenvalue weighted by atomic mass is 10.1.